The number of fused-ring (bicyclic) bond motifs is 1. The van der Waals surface area contributed by atoms with Crippen molar-refractivity contribution in [1.82, 2.24) is 14.4 Å². The molecule has 1 aromatic carbocycles. The van der Waals surface area contributed by atoms with E-state index < -0.39 is 0 Å². The van der Waals surface area contributed by atoms with E-state index in [0.717, 1.165) is 28.4 Å². The zero-order valence-corrected chi connectivity index (χ0v) is 13.4. The maximum absolute atomic E-state index is 11.2. The van der Waals surface area contributed by atoms with E-state index in [1.807, 2.05) is 41.1 Å². The number of nitrogens with zero attached hydrogens (tertiary/aromatic N) is 3. The average Bonchev–Trinajstić information content (AvgIpc) is 2.91. The van der Waals surface area contributed by atoms with Crippen LogP contribution < -0.4 is 10.6 Å². The minimum Gasteiger partial charge on any atom is -0.365 e. The van der Waals surface area contributed by atoms with Gasteiger partial charge in [-0.2, -0.15) is 0 Å². The number of nitrogens with one attached hydrogen (secondary N) is 2. The second kappa shape index (κ2) is 6.08. The first-order valence-electron chi connectivity index (χ1n) is 7.51. The molecule has 2 heterocycles. The molecule has 3 aromatic rings. The molecule has 0 saturated carbocycles. The minimum absolute atomic E-state index is 0.0899. The Balaban J connectivity index is 2.05. The van der Waals surface area contributed by atoms with E-state index in [0.29, 0.717) is 0 Å². The lowest BCUT2D eigenvalue weighted by Crippen LogP contribution is -2.12. The number of amides is 1. The van der Waals surface area contributed by atoms with E-state index in [-0.39, 0.29) is 11.9 Å². The smallest absolute Gasteiger partial charge is 0.221 e. The van der Waals surface area contributed by atoms with Crippen molar-refractivity contribution in [2.24, 2.45) is 0 Å². The van der Waals surface area contributed by atoms with Crippen LogP contribution in [-0.4, -0.2) is 26.3 Å². The topological polar surface area (TPSA) is 71.3 Å². The highest BCUT2D eigenvalue weighted by molar-refractivity contribution is 5.89. The first-order chi connectivity index (χ1) is 11.0. The van der Waals surface area contributed by atoms with Crippen LogP contribution >= 0.6 is 0 Å². The fourth-order valence-corrected chi connectivity index (χ4v) is 2.47. The van der Waals surface area contributed by atoms with Crippen molar-refractivity contribution in [1.29, 1.82) is 0 Å². The zero-order chi connectivity index (χ0) is 16.4. The number of rotatable bonds is 4. The monoisotopic (exact) mass is 309 g/mol. The summed E-state index contributed by atoms with van der Waals surface area (Å²) in [6.45, 7) is 5.62. The average molecular weight is 309 g/mol. The van der Waals surface area contributed by atoms with E-state index >= 15 is 0 Å². The SMILES string of the molecule is CC(=O)Nc1cccc(-c2cnc3c(NC(C)C)nccn23)c1. The van der Waals surface area contributed by atoms with Gasteiger partial charge in [-0.15, -0.1) is 0 Å². The van der Waals surface area contributed by atoms with Gasteiger partial charge >= 0.3 is 0 Å². The van der Waals surface area contributed by atoms with Crippen LogP contribution in [0.2, 0.25) is 0 Å². The Labute approximate surface area is 134 Å². The number of anilines is 2. The van der Waals surface area contributed by atoms with Crippen molar-refractivity contribution in [2.75, 3.05) is 10.6 Å². The van der Waals surface area contributed by atoms with Gasteiger partial charge in [-0.1, -0.05) is 12.1 Å². The normalized spacial score (nSPS) is 11.0. The third-order valence-corrected chi connectivity index (χ3v) is 3.33. The largest absolute Gasteiger partial charge is 0.365 e. The van der Waals surface area contributed by atoms with Crippen LogP contribution in [0.3, 0.4) is 0 Å². The van der Waals surface area contributed by atoms with Crippen LogP contribution in [0.5, 0.6) is 0 Å². The summed E-state index contributed by atoms with van der Waals surface area (Å²) in [5.41, 5.74) is 3.47. The van der Waals surface area contributed by atoms with Gasteiger partial charge in [0.05, 0.1) is 11.9 Å². The second-order valence-corrected chi connectivity index (χ2v) is 5.67. The number of hydrogen-bond donors (Lipinski definition) is 2. The maximum atomic E-state index is 11.2. The van der Waals surface area contributed by atoms with Crippen molar-refractivity contribution in [3.05, 3.63) is 42.9 Å². The third-order valence-electron chi connectivity index (χ3n) is 3.33. The molecule has 0 saturated heterocycles. The highest BCUT2D eigenvalue weighted by Crippen LogP contribution is 2.25. The molecule has 0 radical (unpaired) electrons. The molecular formula is C17H19N5O. The first kappa shape index (κ1) is 15.0. The Hall–Kier alpha value is -2.89. The standard InChI is InChI=1S/C17H19N5O/c1-11(2)20-16-17-19-10-15(22(17)8-7-18-16)13-5-4-6-14(9-13)21-12(3)23/h4-11H,1-3H3,(H,18,20)(H,21,23). The first-order valence-corrected chi connectivity index (χ1v) is 7.51. The molecule has 23 heavy (non-hydrogen) atoms. The fourth-order valence-electron chi connectivity index (χ4n) is 2.47. The molecule has 6 heteroatoms. The molecule has 0 atom stereocenters. The Kier molecular flexibility index (Phi) is 3.97. The van der Waals surface area contributed by atoms with E-state index in [1.54, 1.807) is 6.20 Å². The van der Waals surface area contributed by atoms with Gasteiger partial charge in [0.15, 0.2) is 11.5 Å². The molecular weight excluding hydrogens is 290 g/mol. The van der Waals surface area contributed by atoms with E-state index in [1.165, 1.54) is 6.92 Å². The zero-order valence-electron chi connectivity index (χ0n) is 13.4. The molecule has 0 aliphatic carbocycles. The number of carbonyl (C=O) groups is 1. The summed E-state index contributed by atoms with van der Waals surface area (Å²) in [6.07, 6.45) is 5.45. The lowest BCUT2D eigenvalue weighted by molar-refractivity contribution is -0.114. The number of hydrogen-bond acceptors (Lipinski definition) is 4. The number of benzene rings is 1. The van der Waals surface area contributed by atoms with Crippen LogP contribution in [-0.2, 0) is 4.79 Å². The van der Waals surface area contributed by atoms with E-state index in [4.69, 9.17) is 0 Å². The molecule has 3 rings (SSSR count). The van der Waals surface area contributed by atoms with Crippen LogP contribution in [0.25, 0.3) is 16.9 Å². The third kappa shape index (κ3) is 3.15. The fraction of sp³-hybridized carbons (Fsp3) is 0.235. The van der Waals surface area contributed by atoms with Gasteiger partial charge in [-0.05, 0) is 26.0 Å². The maximum Gasteiger partial charge on any atom is 0.221 e. The molecule has 0 unspecified atom stereocenters. The van der Waals surface area contributed by atoms with E-state index in [9.17, 15) is 4.79 Å². The van der Waals surface area contributed by atoms with Crippen LogP contribution in [0.1, 0.15) is 20.8 Å². The van der Waals surface area contributed by atoms with Gasteiger partial charge in [0.2, 0.25) is 5.91 Å². The van der Waals surface area contributed by atoms with Crippen LogP contribution in [0, 0.1) is 0 Å². The summed E-state index contributed by atoms with van der Waals surface area (Å²) in [4.78, 5) is 20.1. The summed E-state index contributed by atoms with van der Waals surface area (Å²) >= 11 is 0. The lowest BCUT2D eigenvalue weighted by atomic mass is 10.1. The van der Waals surface area contributed by atoms with Gasteiger partial charge in [0.1, 0.15) is 0 Å². The van der Waals surface area contributed by atoms with E-state index in [2.05, 4.69) is 34.4 Å². The van der Waals surface area contributed by atoms with Crippen molar-refractivity contribution < 1.29 is 4.79 Å². The summed E-state index contributed by atoms with van der Waals surface area (Å²) in [5, 5.41) is 6.10. The highest BCUT2D eigenvalue weighted by Gasteiger charge is 2.11. The van der Waals surface area contributed by atoms with Crippen LogP contribution in [0.15, 0.2) is 42.9 Å². The lowest BCUT2D eigenvalue weighted by Gasteiger charge is -2.10. The molecule has 0 spiro atoms. The van der Waals surface area contributed by atoms with Gasteiger partial charge in [-0.3, -0.25) is 9.20 Å². The molecule has 0 fully saturated rings. The van der Waals surface area contributed by atoms with Crippen molar-refractivity contribution in [3.63, 3.8) is 0 Å². The predicted molar refractivity (Wildman–Crippen MR) is 91.5 cm³/mol. The van der Waals surface area contributed by atoms with Gasteiger partial charge in [0.25, 0.3) is 0 Å². The second-order valence-electron chi connectivity index (χ2n) is 5.67. The Morgan fingerprint density at radius 1 is 1.26 bits per heavy atom. The minimum atomic E-state index is -0.0899. The molecule has 2 aromatic heterocycles. The molecule has 1 amide bonds. The molecule has 0 aliphatic heterocycles. The summed E-state index contributed by atoms with van der Waals surface area (Å²) in [5.74, 6) is 0.666. The van der Waals surface area contributed by atoms with Crippen molar-refractivity contribution >= 4 is 23.1 Å². The number of imidazole rings is 1. The molecule has 118 valence electrons. The summed E-state index contributed by atoms with van der Waals surface area (Å²) in [6, 6.07) is 7.97. The van der Waals surface area contributed by atoms with Crippen LogP contribution in [0.4, 0.5) is 11.5 Å². The predicted octanol–water partition coefficient (Wildman–Crippen LogP) is 3.18. The number of carbonyl (C=O) groups excluding carboxylic acids is 1. The molecule has 6 nitrogen and oxygen atoms in total. The highest BCUT2D eigenvalue weighted by atomic mass is 16.1. The Morgan fingerprint density at radius 2 is 2.09 bits per heavy atom. The Bertz CT molecular complexity index is 853. The number of aromatic nitrogens is 3. The Morgan fingerprint density at radius 3 is 2.83 bits per heavy atom. The summed E-state index contributed by atoms with van der Waals surface area (Å²) in [7, 11) is 0. The molecule has 0 bridgehead atoms. The van der Waals surface area contributed by atoms with Gasteiger partial charge in [-0.25, -0.2) is 9.97 Å². The van der Waals surface area contributed by atoms with Gasteiger partial charge in [0, 0.05) is 36.6 Å². The van der Waals surface area contributed by atoms with Crippen molar-refractivity contribution in [2.45, 2.75) is 26.8 Å². The van der Waals surface area contributed by atoms with Crippen molar-refractivity contribution in [3.8, 4) is 11.3 Å². The van der Waals surface area contributed by atoms with Gasteiger partial charge < -0.3 is 10.6 Å². The molecule has 2 N–H and O–H groups in total. The summed E-state index contributed by atoms with van der Waals surface area (Å²) < 4.78 is 1.99. The molecule has 0 aliphatic rings. The quantitative estimate of drug-likeness (QED) is 0.776.